The molecule has 214 valence electrons. The van der Waals surface area contributed by atoms with E-state index in [1.54, 1.807) is 24.0 Å². The number of amides is 1. The minimum atomic E-state index is 0.0485. The average molecular weight is 566 g/mol. The maximum atomic E-state index is 12.7. The van der Waals surface area contributed by atoms with Crippen LogP contribution in [0.2, 0.25) is 0 Å². The molecule has 2 aliphatic rings. The van der Waals surface area contributed by atoms with E-state index in [-0.39, 0.29) is 11.8 Å². The first-order valence-corrected chi connectivity index (χ1v) is 13.9. The molecule has 0 aliphatic carbocycles. The zero-order chi connectivity index (χ0) is 28.6. The third kappa shape index (κ3) is 5.06. The van der Waals surface area contributed by atoms with Gasteiger partial charge in [0.15, 0.2) is 11.5 Å². The van der Waals surface area contributed by atoms with E-state index in [0.717, 1.165) is 53.4 Å². The Morgan fingerprint density at radius 3 is 2.67 bits per heavy atom. The first-order valence-electron chi connectivity index (χ1n) is 13.9. The number of hydrogen-bond donors (Lipinski definition) is 1. The van der Waals surface area contributed by atoms with Gasteiger partial charge in [0.25, 0.3) is 0 Å². The normalized spacial score (nSPS) is 16.3. The summed E-state index contributed by atoms with van der Waals surface area (Å²) in [6, 6.07) is 11.7. The molecule has 6 heterocycles. The van der Waals surface area contributed by atoms with E-state index in [9.17, 15) is 4.79 Å². The number of carbonyl (C=O) groups excluding carboxylic acids is 1. The molecule has 42 heavy (non-hydrogen) atoms. The van der Waals surface area contributed by atoms with E-state index in [0.29, 0.717) is 30.8 Å². The van der Waals surface area contributed by atoms with Crippen molar-refractivity contribution >= 4 is 28.6 Å². The van der Waals surface area contributed by atoms with E-state index in [2.05, 4.69) is 36.4 Å². The van der Waals surface area contributed by atoms with Crippen LogP contribution in [0.4, 0.5) is 11.5 Å². The lowest BCUT2D eigenvalue weighted by molar-refractivity contribution is -0.130. The monoisotopic (exact) mass is 565 g/mol. The highest BCUT2D eigenvalue weighted by atomic mass is 16.5. The molecule has 2 aliphatic heterocycles. The van der Waals surface area contributed by atoms with E-state index < -0.39 is 0 Å². The van der Waals surface area contributed by atoms with E-state index in [4.69, 9.17) is 9.47 Å². The van der Waals surface area contributed by atoms with Crippen molar-refractivity contribution in [3.63, 3.8) is 0 Å². The van der Waals surface area contributed by atoms with Gasteiger partial charge in [0.2, 0.25) is 5.91 Å². The minimum absolute atomic E-state index is 0.0485. The summed E-state index contributed by atoms with van der Waals surface area (Å²) in [5.74, 6) is 2.42. The number of methoxy groups -OCH3 is 1. The molecular formula is C30H31N9O3. The molecule has 2 fully saturated rings. The largest absolute Gasteiger partial charge is 0.457 e. The molecule has 12 heteroatoms. The number of nitrogens with one attached hydrogen (secondary N) is 1. The second-order valence-corrected chi connectivity index (χ2v) is 10.7. The van der Waals surface area contributed by atoms with Gasteiger partial charge in [0.1, 0.15) is 29.7 Å². The van der Waals surface area contributed by atoms with Gasteiger partial charge in [-0.05, 0) is 48.4 Å². The number of ether oxygens (including phenoxy) is 2. The number of hydrogen-bond acceptors (Lipinski definition) is 9. The summed E-state index contributed by atoms with van der Waals surface area (Å²) in [6.45, 7) is 5.93. The summed E-state index contributed by atoms with van der Waals surface area (Å²) in [5, 5.41) is 12.0. The Hall–Kier alpha value is -4.81. The molecule has 0 unspecified atom stereocenters. The number of pyridine rings is 1. The van der Waals surface area contributed by atoms with Gasteiger partial charge in [-0.15, -0.1) is 0 Å². The molecular weight excluding hydrogens is 534 g/mol. The molecule has 2 saturated heterocycles. The topological polar surface area (TPSA) is 114 Å². The van der Waals surface area contributed by atoms with Crippen molar-refractivity contribution in [1.82, 2.24) is 39.0 Å². The van der Waals surface area contributed by atoms with Gasteiger partial charge >= 0.3 is 0 Å². The lowest BCUT2D eigenvalue weighted by atomic mass is 9.92. The number of nitrogens with zero attached hydrogens (tertiary/aromatic N) is 8. The number of carbonyl (C=O) groups is 1. The van der Waals surface area contributed by atoms with Crippen LogP contribution in [-0.4, -0.2) is 90.8 Å². The number of anilines is 2. The third-order valence-corrected chi connectivity index (χ3v) is 7.92. The summed E-state index contributed by atoms with van der Waals surface area (Å²) in [7, 11) is 1.74. The average Bonchev–Trinajstić information content (AvgIpc) is 3.58. The number of fused-ring (bicyclic) bond motifs is 2. The first-order chi connectivity index (χ1) is 20.5. The number of rotatable bonds is 9. The summed E-state index contributed by atoms with van der Waals surface area (Å²) >= 11 is 0. The summed E-state index contributed by atoms with van der Waals surface area (Å²) < 4.78 is 14.9. The van der Waals surface area contributed by atoms with Gasteiger partial charge in [-0.25, -0.2) is 19.0 Å². The standard InChI is InChI=1S/C30H31N9O3/c1-20-12-22(5-6-26(20)42-23-7-10-38-27(13-23)31-18-33-38)35-30-29-25(8-11-39(29)34-19-32-30)21-14-37(15-21)28(40)4-3-9-36-16-24(17-36)41-2/h3-8,10-13,18-19,21,24H,9,14-17H2,1-2H3,(H,32,34,35)/b4-3+. The molecule has 0 atom stereocenters. The van der Waals surface area contributed by atoms with Crippen LogP contribution in [0, 0.1) is 6.92 Å². The van der Waals surface area contributed by atoms with Crippen LogP contribution in [0.25, 0.3) is 11.2 Å². The van der Waals surface area contributed by atoms with Crippen LogP contribution < -0.4 is 10.1 Å². The van der Waals surface area contributed by atoms with Gasteiger partial charge in [-0.1, -0.05) is 6.08 Å². The Morgan fingerprint density at radius 1 is 1.02 bits per heavy atom. The molecule has 0 spiro atoms. The third-order valence-electron chi connectivity index (χ3n) is 7.92. The van der Waals surface area contributed by atoms with Crippen molar-refractivity contribution in [1.29, 1.82) is 0 Å². The molecule has 4 aromatic heterocycles. The molecule has 0 radical (unpaired) electrons. The molecule has 7 rings (SSSR count). The Balaban J connectivity index is 1.01. The minimum Gasteiger partial charge on any atom is -0.457 e. The molecule has 1 amide bonds. The summed E-state index contributed by atoms with van der Waals surface area (Å²) in [6.07, 6.45) is 10.8. The first kappa shape index (κ1) is 26.1. The fourth-order valence-corrected chi connectivity index (χ4v) is 5.45. The summed E-state index contributed by atoms with van der Waals surface area (Å²) in [4.78, 5) is 25.6. The fraction of sp³-hybridized carbons (Fsp3) is 0.300. The predicted octanol–water partition coefficient (Wildman–Crippen LogP) is 3.43. The van der Waals surface area contributed by atoms with E-state index in [1.807, 2.05) is 65.1 Å². The second kappa shape index (κ2) is 10.9. The smallest absolute Gasteiger partial charge is 0.246 e. The SMILES string of the molecule is COC1CN(C/C=C/C(=O)N2CC(c3ccn4ncnc(Nc5ccc(Oc6ccn7ncnc7c6)c(C)c5)c34)C2)C1. The van der Waals surface area contributed by atoms with Crippen LogP contribution in [0.15, 0.2) is 73.6 Å². The number of aromatic nitrogens is 6. The van der Waals surface area contributed by atoms with Gasteiger partial charge in [-0.3, -0.25) is 9.69 Å². The van der Waals surface area contributed by atoms with Crippen LogP contribution in [0.3, 0.4) is 0 Å². The van der Waals surface area contributed by atoms with E-state index in [1.165, 1.54) is 6.33 Å². The van der Waals surface area contributed by atoms with Crippen LogP contribution in [0.5, 0.6) is 11.5 Å². The maximum Gasteiger partial charge on any atom is 0.246 e. The Bertz CT molecular complexity index is 1780. The number of aryl methyl sites for hydroxylation is 1. The molecule has 12 nitrogen and oxygen atoms in total. The van der Waals surface area contributed by atoms with Crippen molar-refractivity contribution in [3.05, 3.63) is 84.7 Å². The highest BCUT2D eigenvalue weighted by Gasteiger charge is 2.33. The van der Waals surface area contributed by atoms with Crippen molar-refractivity contribution in [3.8, 4) is 11.5 Å². The Kier molecular flexibility index (Phi) is 6.76. The molecule has 1 aromatic carbocycles. The van der Waals surface area contributed by atoms with Crippen molar-refractivity contribution in [2.45, 2.75) is 18.9 Å². The van der Waals surface area contributed by atoms with E-state index >= 15 is 0 Å². The highest BCUT2D eigenvalue weighted by Crippen LogP contribution is 2.35. The van der Waals surface area contributed by atoms with Gasteiger partial charge in [-0.2, -0.15) is 10.2 Å². The lowest BCUT2D eigenvalue weighted by Crippen LogP contribution is -2.51. The Labute approximate surface area is 242 Å². The molecule has 0 bridgehead atoms. The zero-order valence-electron chi connectivity index (χ0n) is 23.4. The van der Waals surface area contributed by atoms with Crippen LogP contribution in [0.1, 0.15) is 17.0 Å². The summed E-state index contributed by atoms with van der Waals surface area (Å²) in [5.41, 5.74) is 4.61. The fourth-order valence-electron chi connectivity index (χ4n) is 5.45. The molecule has 0 saturated carbocycles. The van der Waals surface area contributed by atoms with Crippen molar-refractivity contribution in [2.75, 3.05) is 45.2 Å². The highest BCUT2D eigenvalue weighted by molar-refractivity contribution is 5.88. The lowest BCUT2D eigenvalue weighted by Gasteiger charge is -2.39. The van der Waals surface area contributed by atoms with Crippen molar-refractivity contribution < 1.29 is 14.3 Å². The Morgan fingerprint density at radius 2 is 1.83 bits per heavy atom. The quantitative estimate of drug-likeness (QED) is 0.269. The van der Waals surface area contributed by atoms with Gasteiger partial charge in [0.05, 0.1) is 6.10 Å². The zero-order valence-corrected chi connectivity index (χ0v) is 23.4. The van der Waals surface area contributed by atoms with Crippen LogP contribution in [-0.2, 0) is 9.53 Å². The predicted molar refractivity (Wildman–Crippen MR) is 156 cm³/mol. The second-order valence-electron chi connectivity index (χ2n) is 10.7. The van der Waals surface area contributed by atoms with Gasteiger partial charge < -0.3 is 19.7 Å². The number of likely N-dealkylation sites (tertiary alicyclic amines) is 2. The van der Waals surface area contributed by atoms with Crippen LogP contribution >= 0.6 is 0 Å². The molecule has 5 aromatic rings. The molecule has 1 N–H and O–H groups in total. The van der Waals surface area contributed by atoms with Gasteiger partial charge in [0, 0.05) is 76.0 Å². The maximum absolute atomic E-state index is 12.7. The number of benzene rings is 1. The van der Waals surface area contributed by atoms with Crippen molar-refractivity contribution in [2.24, 2.45) is 0 Å².